The number of hydrogen-bond donors (Lipinski definition) is 2. The van der Waals surface area contributed by atoms with Crippen molar-refractivity contribution >= 4 is 29.9 Å². The van der Waals surface area contributed by atoms with E-state index in [-0.39, 0.29) is 24.0 Å². The highest BCUT2D eigenvalue weighted by atomic mass is 127. The van der Waals surface area contributed by atoms with Gasteiger partial charge < -0.3 is 15.8 Å². The Labute approximate surface area is 169 Å². The zero-order valence-electron chi connectivity index (χ0n) is 15.9. The summed E-state index contributed by atoms with van der Waals surface area (Å²) < 4.78 is 5.79. The lowest BCUT2D eigenvalue weighted by molar-refractivity contribution is -0.0704. The maximum absolute atomic E-state index is 5.87. The molecular formula is C19H33IN4O. The fourth-order valence-electron chi connectivity index (χ4n) is 2.96. The van der Waals surface area contributed by atoms with Crippen LogP contribution in [0.3, 0.4) is 0 Å². The normalized spacial score (nSPS) is 21.9. The molecule has 1 aliphatic rings. The van der Waals surface area contributed by atoms with Gasteiger partial charge >= 0.3 is 0 Å². The number of halogens is 1. The Balaban J connectivity index is 0.00000312. The van der Waals surface area contributed by atoms with Gasteiger partial charge in [0.25, 0.3) is 0 Å². The number of aliphatic imine (C=N–C) groups is 1. The molecule has 1 fully saturated rings. The van der Waals surface area contributed by atoms with Crippen LogP contribution in [-0.4, -0.2) is 42.7 Å². The third kappa shape index (κ3) is 8.37. The molecule has 1 aliphatic heterocycles. The molecule has 0 amide bonds. The van der Waals surface area contributed by atoms with Crippen LogP contribution >= 0.6 is 24.0 Å². The highest BCUT2D eigenvalue weighted by molar-refractivity contribution is 14.0. The Bertz CT molecular complexity index is 523. The Morgan fingerprint density at radius 3 is 2.32 bits per heavy atom. The van der Waals surface area contributed by atoms with Crippen LogP contribution in [0.25, 0.3) is 0 Å². The number of hydrogen-bond acceptors (Lipinski definition) is 3. The van der Waals surface area contributed by atoms with E-state index in [1.54, 1.807) is 0 Å². The number of morpholine rings is 1. The predicted molar refractivity (Wildman–Crippen MR) is 115 cm³/mol. The quantitative estimate of drug-likeness (QED) is 0.389. The molecule has 3 N–H and O–H groups in total. The lowest BCUT2D eigenvalue weighted by atomic mass is 10.1. The van der Waals surface area contributed by atoms with E-state index in [2.05, 4.69) is 67.2 Å². The zero-order valence-corrected chi connectivity index (χ0v) is 18.2. The molecule has 2 atom stereocenters. The molecule has 2 rings (SSSR count). The molecule has 25 heavy (non-hydrogen) atoms. The van der Waals surface area contributed by atoms with E-state index < -0.39 is 0 Å². The SMILES string of the molecule is CC(C)CNC(N)=NCc1ccc(CN2CC(C)OC(C)C2)cc1.I. The van der Waals surface area contributed by atoms with Crippen molar-refractivity contribution in [1.82, 2.24) is 10.2 Å². The first-order valence-electron chi connectivity index (χ1n) is 8.91. The number of ether oxygens (including phenoxy) is 1. The summed E-state index contributed by atoms with van der Waals surface area (Å²) >= 11 is 0. The molecule has 0 radical (unpaired) electrons. The van der Waals surface area contributed by atoms with Gasteiger partial charge in [-0.1, -0.05) is 38.1 Å². The van der Waals surface area contributed by atoms with Gasteiger partial charge in [-0.05, 0) is 30.9 Å². The largest absolute Gasteiger partial charge is 0.373 e. The van der Waals surface area contributed by atoms with Crippen LogP contribution in [0.15, 0.2) is 29.3 Å². The third-order valence-corrected chi connectivity index (χ3v) is 4.05. The number of nitrogens with zero attached hydrogens (tertiary/aromatic N) is 2. The Hall–Kier alpha value is -0.860. The van der Waals surface area contributed by atoms with Crippen LogP contribution < -0.4 is 11.1 Å². The minimum atomic E-state index is 0. The molecule has 0 aromatic heterocycles. The highest BCUT2D eigenvalue weighted by Crippen LogP contribution is 2.15. The van der Waals surface area contributed by atoms with E-state index in [1.165, 1.54) is 11.1 Å². The molecule has 0 saturated carbocycles. The fourth-order valence-corrected chi connectivity index (χ4v) is 2.96. The molecule has 0 spiro atoms. The summed E-state index contributed by atoms with van der Waals surface area (Å²) in [5, 5.41) is 3.14. The van der Waals surface area contributed by atoms with Gasteiger partial charge in [-0.3, -0.25) is 4.90 Å². The Kier molecular flexibility index (Phi) is 9.74. The summed E-state index contributed by atoms with van der Waals surface area (Å²) in [6, 6.07) is 8.66. The first-order valence-corrected chi connectivity index (χ1v) is 8.91. The molecule has 1 aromatic carbocycles. The summed E-state index contributed by atoms with van der Waals surface area (Å²) in [6.45, 7) is 13.0. The van der Waals surface area contributed by atoms with Crippen LogP contribution in [0.1, 0.15) is 38.8 Å². The van der Waals surface area contributed by atoms with E-state index in [4.69, 9.17) is 10.5 Å². The molecule has 0 bridgehead atoms. The molecular weight excluding hydrogens is 427 g/mol. The van der Waals surface area contributed by atoms with Gasteiger partial charge in [0.15, 0.2) is 5.96 Å². The summed E-state index contributed by atoms with van der Waals surface area (Å²) in [6.07, 6.45) is 0.618. The second-order valence-electron chi connectivity index (χ2n) is 7.24. The number of nitrogens with one attached hydrogen (secondary N) is 1. The standard InChI is InChI=1S/C19H32N4O.HI/c1-14(2)9-21-19(20)22-10-17-5-7-18(8-6-17)13-23-11-15(3)24-16(4)12-23;/h5-8,14-16H,9-13H2,1-4H3,(H3,20,21,22);1H. The molecule has 1 saturated heterocycles. The average molecular weight is 460 g/mol. The maximum atomic E-state index is 5.87. The van der Waals surface area contributed by atoms with E-state index in [9.17, 15) is 0 Å². The monoisotopic (exact) mass is 460 g/mol. The molecule has 142 valence electrons. The van der Waals surface area contributed by atoms with Gasteiger partial charge in [0.1, 0.15) is 0 Å². The minimum Gasteiger partial charge on any atom is -0.373 e. The maximum Gasteiger partial charge on any atom is 0.188 e. The lowest BCUT2D eigenvalue weighted by Crippen LogP contribution is -2.44. The summed E-state index contributed by atoms with van der Waals surface area (Å²) in [5.74, 6) is 1.08. The van der Waals surface area contributed by atoms with Crippen molar-refractivity contribution in [2.75, 3.05) is 19.6 Å². The molecule has 5 nitrogen and oxygen atoms in total. The topological polar surface area (TPSA) is 62.9 Å². The van der Waals surface area contributed by atoms with E-state index in [1.807, 2.05) is 0 Å². The Morgan fingerprint density at radius 1 is 1.20 bits per heavy atom. The van der Waals surface area contributed by atoms with E-state index >= 15 is 0 Å². The number of guanidine groups is 1. The average Bonchev–Trinajstić information content (AvgIpc) is 2.51. The first kappa shape index (κ1) is 22.2. The van der Waals surface area contributed by atoms with Crippen molar-refractivity contribution in [2.45, 2.75) is 53.0 Å². The second-order valence-corrected chi connectivity index (χ2v) is 7.24. The van der Waals surface area contributed by atoms with Crippen LogP contribution in [-0.2, 0) is 17.8 Å². The molecule has 6 heteroatoms. The molecule has 1 heterocycles. The van der Waals surface area contributed by atoms with Gasteiger partial charge in [-0.15, -0.1) is 24.0 Å². The minimum absolute atomic E-state index is 0. The van der Waals surface area contributed by atoms with Gasteiger partial charge in [0.2, 0.25) is 0 Å². The summed E-state index contributed by atoms with van der Waals surface area (Å²) in [4.78, 5) is 6.85. The van der Waals surface area contributed by atoms with Crippen molar-refractivity contribution in [3.05, 3.63) is 35.4 Å². The van der Waals surface area contributed by atoms with Crippen LogP contribution in [0.2, 0.25) is 0 Å². The Morgan fingerprint density at radius 2 is 1.76 bits per heavy atom. The first-order chi connectivity index (χ1) is 11.4. The van der Waals surface area contributed by atoms with Gasteiger partial charge in [-0.2, -0.15) is 0 Å². The number of nitrogens with two attached hydrogens (primary N) is 1. The van der Waals surface area contributed by atoms with Crippen LogP contribution in [0.5, 0.6) is 0 Å². The number of benzene rings is 1. The fraction of sp³-hybridized carbons (Fsp3) is 0.632. The van der Waals surface area contributed by atoms with Crippen molar-refractivity contribution in [3.8, 4) is 0 Å². The summed E-state index contributed by atoms with van der Waals surface area (Å²) in [5.41, 5.74) is 8.38. The smallest absolute Gasteiger partial charge is 0.188 e. The van der Waals surface area contributed by atoms with E-state index in [0.29, 0.717) is 30.6 Å². The molecule has 0 aliphatic carbocycles. The molecule has 1 aromatic rings. The van der Waals surface area contributed by atoms with Crippen molar-refractivity contribution < 1.29 is 4.74 Å². The van der Waals surface area contributed by atoms with Gasteiger partial charge in [0, 0.05) is 26.2 Å². The summed E-state index contributed by atoms with van der Waals surface area (Å²) in [7, 11) is 0. The van der Waals surface area contributed by atoms with Crippen molar-refractivity contribution in [2.24, 2.45) is 16.6 Å². The van der Waals surface area contributed by atoms with Gasteiger partial charge in [0.05, 0.1) is 18.8 Å². The molecule has 2 unspecified atom stereocenters. The lowest BCUT2D eigenvalue weighted by Gasteiger charge is -2.35. The zero-order chi connectivity index (χ0) is 17.5. The van der Waals surface area contributed by atoms with E-state index in [0.717, 1.165) is 26.2 Å². The van der Waals surface area contributed by atoms with Crippen molar-refractivity contribution in [1.29, 1.82) is 0 Å². The van der Waals surface area contributed by atoms with Crippen LogP contribution in [0.4, 0.5) is 0 Å². The second kappa shape index (κ2) is 11.0. The predicted octanol–water partition coefficient (Wildman–Crippen LogP) is 2.97. The van der Waals surface area contributed by atoms with Crippen LogP contribution in [0, 0.1) is 5.92 Å². The van der Waals surface area contributed by atoms with Gasteiger partial charge in [-0.25, -0.2) is 4.99 Å². The highest BCUT2D eigenvalue weighted by Gasteiger charge is 2.21. The number of rotatable bonds is 6. The third-order valence-electron chi connectivity index (χ3n) is 4.05. The van der Waals surface area contributed by atoms with Crippen molar-refractivity contribution in [3.63, 3.8) is 0 Å².